The van der Waals surface area contributed by atoms with Crippen molar-refractivity contribution in [1.82, 2.24) is 25.1 Å². The smallest absolute Gasteiger partial charge is 0.294 e. The number of amides is 1. The van der Waals surface area contributed by atoms with E-state index in [2.05, 4.69) is 39.4 Å². The van der Waals surface area contributed by atoms with Crippen molar-refractivity contribution < 1.29 is 9.21 Å². The summed E-state index contributed by atoms with van der Waals surface area (Å²) in [6.07, 6.45) is 12.0. The number of piperidine rings is 1. The predicted molar refractivity (Wildman–Crippen MR) is 130 cm³/mol. The zero-order valence-corrected chi connectivity index (χ0v) is 20.0. The van der Waals surface area contributed by atoms with Crippen LogP contribution in [-0.4, -0.2) is 56.7 Å². The summed E-state index contributed by atoms with van der Waals surface area (Å²) >= 11 is 0. The average molecular weight is 463 g/mol. The molecular formula is C26H34N6O2. The molecule has 1 aromatic carbocycles. The molecule has 8 nitrogen and oxygen atoms in total. The highest BCUT2D eigenvalue weighted by molar-refractivity contribution is 6.04. The van der Waals surface area contributed by atoms with E-state index in [1.165, 1.54) is 24.8 Å². The van der Waals surface area contributed by atoms with Crippen LogP contribution in [0.4, 0.5) is 5.69 Å². The molecule has 3 heterocycles. The fraction of sp³-hybridized carbons (Fsp3) is 0.538. The largest absolute Gasteiger partial charge is 0.459 e. The number of nitrogens with zero attached hydrogens (tertiary/aromatic N) is 6. The Morgan fingerprint density at radius 2 is 1.88 bits per heavy atom. The van der Waals surface area contributed by atoms with Gasteiger partial charge in [-0.3, -0.25) is 4.79 Å². The quantitative estimate of drug-likeness (QED) is 0.517. The van der Waals surface area contributed by atoms with Crippen LogP contribution >= 0.6 is 0 Å². The van der Waals surface area contributed by atoms with Gasteiger partial charge in [0.25, 0.3) is 5.91 Å². The summed E-state index contributed by atoms with van der Waals surface area (Å²) < 4.78 is 5.46. The summed E-state index contributed by atoms with van der Waals surface area (Å²) in [5, 5.41) is 12.7. The van der Waals surface area contributed by atoms with Gasteiger partial charge in [0.1, 0.15) is 0 Å². The Bertz CT molecular complexity index is 1030. The fourth-order valence-electron chi connectivity index (χ4n) is 5.63. The van der Waals surface area contributed by atoms with Crippen LogP contribution in [0, 0.1) is 6.92 Å². The number of likely N-dealkylation sites (tertiary alicyclic amines) is 1. The molecule has 8 heteroatoms. The van der Waals surface area contributed by atoms with Crippen LogP contribution in [-0.2, 0) is 5.54 Å². The molecule has 34 heavy (non-hydrogen) atoms. The van der Waals surface area contributed by atoms with Crippen LogP contribution in [0.25, 0.3) is 0 Å². The second kappa shape index (κ2) is 10.1. The average Bonchev–Trinajstić information content (AvgIpc) is 3.61. The molecule has 1 aliphatic heterocycles. The number of rotatable bonds is 7. The highest BCUT2D eigenvalue weighted by Gasteiger charge is 2.37. The Hall–Kier alpha value is -3.00. The lowest BCUT2D eigenvalue weighted by atomic mass is 9.79. The van der Waals surface area contributed by atoms with Gasteiger partial charge in [0.15, 0.2) is 12.1 Å². The standard InChI is InChI=1S/C26H34N6O2/c1-21-7-9-22(10-8-21)31(25(33)24-6-5-19-34-24)23-11-16-30(17-12-23)18-15-26(13-3-2-4-14-26)32-28-20-27-29-32/h5-10,19-20,23H,2-4,11-18H2,1H3. The number of benzene rings is 1. The Morgan fingerprint density at radius 3 is 2.53 bits per heavy atom. The molecule has 0 spiro atoms. The molecule has 180 valence electrons. The minimum atomic E-state index is -0.0641. The second-order valence-electron chi connectivity index (χ2n) is 9.82. The molecule has 2 aromatic heterocycles. The highest BCUT2D eigenvalue weighted by atomic mass is 16.3. The zero-order valence-electron chi connectivity index (χ0n) is 20.0. The van der Waals surface area contributed by atoms with E-state index in [4.69, 9.17) is 4.42 Å². The summed E-state index contributed by atoms with van der Waals surface area (Å²) in [7, 11) is 0. The van der Waals surface area contributed by atoms with Crippen molar-refractivity contribution >= 4 is 11.6 Å². The van der Waals surface area contributed by atoms with Crippen LogP contribution in [0.5, 0.6) is 0 Å². The Balaban J connectivity index is 1.25. The SMILES string of the molecule is Cc1ccc(N(C(=O)c2ccco2)C2CCN(CCC3(n4ncnn4)CCCCC3)CC2)cc1. The molecule has 0 unspecified atom stereocenters. The van der Waals surface area contributed by atoms with Crippen molar-refractivity contribution in [1.29, 1.82) is 0 Å². The lowest BCUT2D eigenvalue weighted by Crippen LogP contribution is -2.49. The second-order valence-corrected chi connectivity index (χ2v) is 9.82. The van der Waals surface area contributed by atoms with E-state index in [1.54, 1.807) is 24.7 Å². The van der Waals surface area contributed by atoms with Crippen molar-refractivity contribution in [3.05, 3.63) is 60.3 Å². The lowest BCUT2D eigenvalue weighted by Gasteiger charge is -2.41. The van der Waals surface area contributed by atoms with E-state index < -0.39 is 0 Å². The first-order valence-corrected chi connectivity index (χ1v) is 12.5. The van der Waals surface area contributed by atoms with Gasteiger partial charge in [0.05, 0.1) is 11.8 Å². The number of hydrogen-bond acceptors (Lipinski definition) is 6. The van der Waals surface area contributed by atoms with Crippen LogP contribution in [0.1, 0.15) is 67.5 Å². The Kier molecular flexibility index (Phi) is 6.76. The Labute approximate surface area is 200 Å². The van der Waals surface area contributed by atoms with Gasteiger partial charge in [0.2, 0.25) is 0 Å². The molecule has 2 aliphatic rings. The monoisotopic (exact) mass is 462 g/mol. The number of anilines is 1. The summed E-state index contributed by atoms with van der Waals surface area (Å²) in [6, 6.07) is 11.9. The number of aryl methyl sites for hydroxylation is 1. The molecule has 2 fully saturated rings. The molecule has 0 radical (unpaired) electrons. The number of aromatic nitrogens is 4. The van der Waals surface area contributed by atoms with Gasteiger partial charge >= 0.3 is 0 Å². The van der Waals surface area contributed by atoms with Gasteiger partial charge in [-0.25, -0.2) is 0 Å². The molecule has 5 rings (SSSR count). The van der Waals surface area contributed by atoms with Crippen LogP contribution < -0.4 is 4.90 Å². The van der Waals surface area contributed by atoms with E-state index >= 15 is 0 Å². The van der Waals surface area contributed by atoms with E-state index in [0.29, 0.717) is 5.76 Å². The molecule has 1 saturated heterocycles. The molecule has 0 bridgehead atoms. The minimum Gasteiger partial charge on any atom is -0.459 e. The predicted octanol–water partition coefficient (Wildman–Crippen LogP) is 4.44. The summed E-state index contributed by atoms with van der Waals surface area (Å²) in [6.45, 7) is 5.03. The highest BCUT2D eigenvalue weighted by Crippen LogP contribution is 2.37. The maximum Gasteiger partial charge on any atom is 0.294 e. The fourth-order valence-corrected chi connectivity index (χ4v) is 5.63. The molecule has 0 N–H and O–H groups in total. The normalized spacial score (nSPS) is 19.2. The molecular weight excluding hydrogens is 428 g/mol. The summed E-state index contributed by atoms with van der Waals surface area (Å²) in [5.74, 6) is 0.327. The summed E-state index contributed by atoms with van der Waals surface area (Å²) in [5.41, 5.74) is 2.11. The van der Waals surface area contributed by atoms with Gasteiger partial charge in [-0.15, -0.1) is 10.2 Å². The van der Waals surface area contributed by atoms with Crippen molar-refractivity contribution in [2.75, 3.05) is 24.5 Å². The van der Waals surface area contributed by atoms with Gasteiger partial charge in [-0.2, -0.15) is 4.80 Å². The van der Waals surface area contributed by atoms with Crippen molar-refractivity contribution in [3.8, 4) is 0 Å². The molecule has 1 aliphatic carbocycles. The molecule has 3 aromatic rings. The van der Waals surface area contributed by atoms with E-state index in [1.807, 2.05) is 21.8 Å². The van der Waals surface area contributed by atoms with Gasteiger partial charge < -0.3 is 14.2 Å². The maximum atomic E-state index is 13.4. The van der Waals surface area contributed by atoms with Gasteiger partial charge in [-0.05, 0) is 68.5 Å². The third-order valence-electron chi connectivity index (χ3n) is 7.64. The number of carbonyl (C=O) groups is 1. The van der Waals surface area contributed by atoms with Crippen LogP contribution in [0.15, 0.2) is 53.4 Å². The minimum absolute atomic E-state index is 0.00517. The van der Waals surface area contributed by atoms with Crippen LogP contribution in [0.3, 0.4) is 0 Å². The first-order valence-electron chi connectivity index (χ1n) is 12.5. The molecule has 1 amide bonds. The molecule has 1 saturated carbocycles. The Morgan fingerprint density at radius 1 is 1.12 bits per heavy atom. The lowest BCUT2D eigenvalue weighted by molar-refractivity contribution is 0.0907. The first-order chi connectivity index (χ1) is 16.6. The van der Waals surface area contributed by atoms with Crippen molar-refractivity contribution in [3.63, 3.8) is 0 Å². The topological polar surface area (TPSA) is 80.3 Å². The van der Waals surface area contributed by atoms with Crippen molar-refractivity contribution in [2.24, 2.45) is 0 Å². The third-order valence-corrected chi connectivity index (χ3v) is 7.64. The third kappa shape index (κ3) is 4.78. The van der Waals surface area contributed by atoms with Gasteiger partial charge in [0, 0.05) is 31.4 Å². The number of carbonyl (C=O) groups excluding carboxylic acids is 1. The first kappa shape index (κ1) is 22.8. The van der Waals surface area contributed by atoms with Crippen LogP contribution in [0.2, 0.25) is 0 Å². The van der Waals surface area contributed by atoms with Gasteiger partial charge in [-0.1, -0.05) is 37.0 Å². The zero-order chi connectivity index (χ0) is 23.4. The molecule has 0 atom stereocenters. The number of tetrazole rings is 1. The van der Waals surface area contributed by atoms with E-state index in [9.17, 15) is 4.79 Å². The summed E-state index contributed by atoms with van der Waals surface area (Å²) in [4.78, 5) is 19.7. The van der Waals surface area contributed by atoms with Crippen molar-refractivity contribution in [2.45, 2.75) is 69.9 Å². The van der Waals surface area contributed by atoms with E-state index in [-0.39, 0.29) is 17.5 Å². The maximum absolute atomic E-state index is 13.4. The number of hydrogen-bond donors (Lipinski definition) is 0. The van der Waals surface area contributed by atoms with E-state index in [0.717, 1.165) is 57.4 Å². The number of furan rings is 1.